The number of aliphatic imine (C=N–C) groups is 1. The molecule has 8 heteroatoms. The highest BCUT2D eigenvalue weighted by molar-refractivity contribution is 14.0. The van der Waals surface area contributed by atoms with E-state index in [0.29, 0.717) is 13.1 Å². The summed E-state index contributed by atoms with van der Waals surface area (Å²) >= 11 is 0. The van der Waals surface area contributed by atoms with Gasteiger partial charge in [-0.25, -0.2) is 4.99 Å². The van der Waals surface area contributed by atoms with Crippen molar-refractivity contribution >= 4 is 29.9 Å². The topological polar surface area (TPSA) is 88.5 Å². The van der Waals surface area contributed by atoms with Gasteiger partial charge in [-0.2, -0.15) is 0 Å². The highest BCUT2D eigenvalue weighted by Gasteiger charge is 2.13. The molecule has 2 N–H and O–H groups in total. The molecule has 2 rings (SSSR count). The lowest BCUT2D eigenvalue weighted by Gasteiger charge is -2.10. The third kappa shape index (κ3) is 5.52. The first-order valence-electron chi connectivity index (χ1n) is 7.66. The van der Waals surface area contributed by atoms with E-state index in [1.54, 1.807) is 6.26 Å². The number of nitrogens with one attached hydrogen (secondary N) is 2. The number of halogens is 1. The number of aryl methyl sites for hydroxylation is 2. The maximum Gasteiger partial charge on any atom is 0.191 e. The minimum absolute atomic E-state index is 0. The van der Waals surface area contributed by atoms with Gasteiger partial charge in [0.15, 0.2) is 5.96 Å². The van der Waals surface area contributed by atoms with Crippen molar-refractivity contribution in [3.8, 4) is 0 Å². The van der Waals surface area contributed by atoms with E-state index in [2.05, 4.69) is 39.8 Å². The number of hydrogen-bond donors (Lipinski definition) is 2. The summed E-state index contributed by atoms with van der Waals surface area (Å²) in [5.41, 5.74) is 2.90. The predicted molar refractivity (Wildman–Crippen MR) is 98.8 cm³/mol. The van der Waals surface area contributed by atoms with E-state index >= 15 is 0 Å². The third-order valence-corrected chi connectivity index (χ3v) is 3.27. The number of guanidine groups is 1. The van der Waals surface area contributed by atoms with E-state index in [9.17, 15) is 0 Å². The first-order valence-corrected chi connectivity index (χ1v) is 7.66. The normalized spacial score (nSPS) is 11.2. The zero-order valence-corrected chi connectivity index (χ0v) is 16.1. The van der Waals surface area contributed by atoms with Crippen molar-refractivity contribution in [2.75, 3.05) is 6.54 Å². The largest absolute Gasteiger partial charge is 0.364 e. The third-order valence-electron chi connectivity index (χ3n) is 3.27. The average Bonchev–Trinajstić information content (AvgIpc) is 3.18. The van der Waals surface area contributed by atoms with Gasteiger partial charge in [0.05, 0.1) is 18.8 Å². The molecule has 0 saturated carbocycles. The smallest absolute Gasteiger partial charge is 0.191 e. The van der Waals surface area contributed by atoms with Crippen LogP contribution in [0.5, 0.6) is 0 Å². The fraction of sp³-hybridized carbons (Fsp3) is 0.533. The van der Waals surface area contributed by atoms with E-state index in [1.807, 2.05) is 13.0 Å². The standard InChI is InChI=1S/C15H23N5O2.HI/c1-4-13-12(14(5-2)22-20-13)10-18-15(16-6-3)17-9-11-7-8-21-19-11;/h7-8H,4-6,9-10H2,1-3H3,(H2,16,17,18);1H. The summed E-state index contributed by atoms with van der Waals surface area (Å²) in [5.74, 6) is 1.64. The van der Waals surface area contributed by atoms with Crippen molar-refractivity contribution in [2.24, 2.45) is 4.99 Å². The Morgan fingerprint density at radius 1 is 1.17 bits per heavy atom. The lowest BCUT2D eigenvalue weighted by molar-refractivity contribution is 0.380. The average molecular weight is 433 g/mol. The predicted octanol–water partition coefficient (Wildman–Crippen LogP) is 2.66. The van der Waals surface area contributed by atoms with Crippen LogP contribution in [0.25, 0.3) is 0 Å². The Balaban J connectivity index is 0.00000264. The Morgan fingerprint density at radius 3 is 2.61 bits per heavy atom. The Kier molecular flexibility index (Phi) is 8.67. The van der Waals surface area contributed by atoms with Crippen LogP contribution in [0.15, 0.2) is 26.4 Å². The highest BCUT2D eigenvalue weighted by atomic mass is 127. The van der Waals surface area contributed by atoms with Gasteiger partial charge in [-0.05, 0) is 13.3 Å². The Hall–Kier alpha value is -1.58. The fourth-order valence-corrected chi connectivity index (χ4v) is 2.12. The maximum atomic E-state index is 5.36. The molecule has 0 unspecified atom stereocenters. The summed E-state index contributed by atoms with van der Waals surface area (Å²) < 4.78 is 10.2. The first kappa shape index (κ1) is 19.5. The summed E-state index contributed by atoms with van der Waals surface area (Å²) in [6.07, 6.45) is 3.22. The van der Waals surface area contributed by atoms with Gasteiger partial charge in [-0.1, -0.05) is 24.2 Å². The molecule has 0 aliphatic rings. The van der Waals surface area contributed by atoms with Gasteiger partial charge in [-0.15, -0.1) is 24.0 Å². The molecule has 0 bridgehead atoms. The van der Waals surface area contributed by atoms with Gasteiger partial charge < -0.3 is 19.7 Å². The van der Waals surface area contributed by atoms with Crippen molar-refractivity contribution in [2.45, 2.75) is 46.7 Å². The van der Waals surface area contributed by atoms with Crippen molar-refractivity contribution < 1.29 is 9.05 Å². The molecule has 0 fully saturated rings. The van der Waals surface area contributed by atoms with Crippen LogP contribution < -0.4 is 10.6 Å². The van der Waals surface area contributed by atoms with E-state index < -0.39 is 0 Å². The number of hydrogen-bond acceptors (Lipinski definition) is 5. The maximum absolute atomic E-state index is 5.36. The van der Waals surface area contributed by atoms with Crippen LogP contribution >= 0.6 is 24.0 Å². The second-order valence-electron chi connectivity index (χ2n) is 4.78. The van der Waals surface area contributed by atoms with E-state index in [-0.39, 0.29) is 24.0 Å². The minimum Gasteiger partial charge on any atom is -0.364 e. The van der Waals surface area contributed by atoms with Crippen LogP contribution in [0.1, 0.15) is 43.5 Å². The van der Waals surface area contributed by atoms with Crippen LogP contribution in [0.2, 0.25) is 0 Å². The second-order valence-corrected chi connectivity index (χ2v) is 4.78. The van der Waals surface area contributed by atoms with Gasteiger partial charge >= 0.3 is 0 Å². The summed E-state index contributed by atoms with van der Waals surface area (Å²) in [7, 11) is 0. The molecule has 0 spiro atoms. The molecule has 128 valence electrons. The van der Waals surface area contributed by atoms with Crippen LogP contribution in [0, 0.1) is 0 Å². The molecule has 2 heterocycles. The highest BCUT2D eigenvalue weighted by Crippen LogP contribution is 2.16. The molecule has 0 atom stereocenters. The monoisotopic (exact) mass is 433 g/mol. The summed E-state index contributed by atoms with van der Waals surface area (Å²) in [5, 5.41) is 14.4. The van der Waals surface area contributed by atoms with Crippen LogP contribution in [0.3, 0.4) is 0 Å². The molecular formula is C15H24IN5O2. The quantitative estimate of drug-likeness (QED) is 0.397. The summed E-state index contributed by atoms with van der Waals surface area (Å²) in [6.45, 7) is 8.05. The molecule has 0 aliphatic heterocycles. The first-order chi connectivity index (χ1) is 10.8. The lowest BCUT2D eigenvalue weighted by Crippen LogP contribution is -2.36. The van der Waals surface area contributed by atoms with Gasteiger partial charge in [0.2, 0.25) is 0 Å². The Bertz CT molecular complexity index is 574. The molecule has 0 aromatic carbocycles. The van der Waals surface area contributed by atoms with Crippen LogP contribution in [0.4, 0.5) is 0 Å². The van der Waals surface area contributed by atoms with Crippen molar-refractivity contribution in [3.63, 3.8) is 0 Å². The molecule has 23 heavy (non-hydrogen) atoms. The second kappa shape index (κ2) is 10.2. The summed E-state index contributed by atoms with van der Waals surface area (Å²) in [6, 6.07) is 1.82. The molecular weight excluding hydrogens is 409 g/mol. The lowest BCUT2D eigenvalue weighted by atomic mass is 10.1. The van der Waals surface area contributed by atoms with E-state index in [0.717, 1.165) is 48.1 Å². The van der Waals surface area contributed by atoms with Gasteiger partial charge in [0.25, 0.3) is 0 Å². The van der Waals surface area contributed by atoms with Crippen LogP contribution in [-0.2, 0) is 25.9 Å². The Labute approximate surface area is 153 Å². The number of nitrogens with zero attached hydrogens (tertiary/aromatic N) is 3. The molecule has 2 aromatic rings. The molecule has 2 aromatic heterocycles. The van der Waals surface area contributed by atoms with Gasteiger partial charge in [0.1, 0.15) is 17.7 Å². The zero-order valence-electron chi connectivity index (χ0n) is 13.8. The SMILES string of the molecule is CCNC(=NCc1c(CC)noc1CC)NCc1ccon1.I. The van der Waals surface area contributed by atoms with E-state index in [4.69, 9.17) is 9.05 Å². The van der Waals surface area contributed by atoms with Crippen molar-refractivity contribution in [3.05, 3.63) is 35.0 Å². The molecule has 0 radical (unpaired) electrons. The van der Waals surface area contributed by atoms with Gasteiger partial charge in [0, 0.05) is 24.6 Å². The fourth-order valence-electron chi connectivity index (χ4n) is 2.12. The molecule has 0 saturated heterocycles. The Morgan fingerprint density at radius 2 is 2.00 bits per heavy atom. The van der Waals surface area contributed by atoms with Crippen molar-refractivity contribution in [1.82, 2.24) is 20.9 Å². The zero-order chi connectivity index (χ0) is 15.8. The number of rotatable bonds is 7. The summed E-state index contributed by atoms with van der Waals surface area (Å²) in [4.78, 5) is 4.61. The van der Waals surface area contributed by atoms with Gasteiger partial charge in [-0.3, -0.25) is 0 Å². The minimum atomic E-state index is 0. The number of aromatic nitrogens is 2. The molecule has 0 aliphatic carbocycles. The van der Waals surface area contributed by atoms with E-state index in [1.165, 1.54) is 0 Å². The van der Waals surface area contributed by atoms with Crippen molar-refractivity contribution in [1.29, 1.82) is 0 Å². The molecule has 7 nitrogen and oxygen atoms in total. The van der Waals surface area contributed by atoms with Crippen LogP contribution in [-0.4, -0.2) is 22.8 Å². The molecule has 0 amide bonds.